The molecular formula is C21H21ClN4O2. The predicted molar refractivity (Wildman–Crippen MR) is 108 cm³/mol. The quantitative estimate of drug-likeness (QED) is 0.658. The highest BCUT2D eigenvalue weighted by molar-refractivity contribution is 6.30. The Labute approximate surface area is 168 Å². The molecule has 0 aliphatic carbocycles. The lowest BCUT2D eigenvalue weighted by Gasteiger charge is -2.36. The maximum atomic E-state index is 12.5. The normalized spacial score (nSPS) is 14.3. The second-order valence-electron chi connectivity index (χ2n) is 6.72. The van der Waals surface area contributed by atoms with Gasteiger partial charge in [-0.15, -0.1) is 0 Å². The maximum Gasteiger partial charge on any atom is 0.227 e. The molecule has 7 heteroatoms. The predicted octanol–water partition coefficient (Wildman–Crippen LogP) is 3.67. The molecule has 1 aliphatic rings. The van der Waals surface area contributed by atoms with Crippen LogP contribution in [-0.4, -0.2) is 47.1 Å². The van der Waals surface area contributed by atoms with E-state index in [4.69, 9.17) is 16.1 Å². The highest BCUT2D eigenvalue weighted by Crippen LogP contribution is 2.20. The molecule has 1 aromatic heterocycles. The number of benzene rings is 2. The van der Waals surface area contributed by atoms with Crippen LogP contribution in [-0.2, 0) is 11.2 Å². The molecule has 0 spiro atoms. The van der Waals surface area contributed by atoms with E-state index in [1.165, 1.54) is 0 Å². The van der Waals surface area contributed by atoms with Crippen molar-refractivity contribution in [2.24, 2.45) is 0 Å². The smallest absolute Gasteiger partial charge is 0.227 e. The van der Waals surface area contributed by atoms with Crippen molar-refractivity contribution in [1.82, 2.24) is 15.0 Å². The molecule has 3 aromatic rings. The van der Waals surface area contributed by atoms with Gasteiger partial charge in [-0.25, -0.2) is 0 Å². The minimum atomic E-state index is 0.121. The molecule has 1 fully saturated rings. The van der Waals surface area contributed by atoms with Crippen LogP contribution in [0.4, 0.5) is 5.69 Å². The summed E-state index contributed by atoms with van der Waals surface area (Å²) in [6.07, 6.45) is 0.827. The standard InChI is InChI=1S/C21H21ClN4O2/c22-17-6-8-18(9-7-17)25-12-14-26(15-13-25)20(27)11-10-19-23-21(24-28-19)16-4-2-1-3-5-16/h1-9H,10-15H2. The Morgan fingerprint density at radius 2 is 1.71 bits per heavy atom. The number of carbonyl (C=O) groups is 1. The van der Waals surface area contributed by atoms with Gasteiger partial charge in [0, 0.05) is 55.3 Å². The molecule has 0 bridgehead atoms. The molecule has 2 aromatic carbocycles. The summed E-state index contributed by atoms with van der Waals surface area (Å²) in [6.45, 7) is 3.04. The molecule has 1 amide bonds. The van der Waals surface area contributed by atoms with Crippen molar-refractivity contribution >= 4 is 23.2 Å². The minimum absolute atomic E-state index is 0.121. The van der Waals surface area contributed by atoms with Gasteiger partial charge in [0.1, 0.15) is 0 Å². The topological polar surface area (TPSA) is 62.5 Å². The Morgan fingerprint density at radius 3 is 2.43 bits per heavy atom. The first-order valence-corrected chi connectivity index (χ1v) is 9.73. The minimum Gasteiger partial charge on any atom is -0.368 e. The van der Waals surface area contributed by atoms with E-state index in [1.807, 2.05) is 59.5 Å². The molecule has 1 saturated heterocycles. The Bertz CT molecular complexity index is 919. The Morgan fingerprint density at radius 1 is 1.00 bits per heavy atom. The number of piperazine rings is 1. The number of halogens is 1. The zero-order valence-corrected chi connectivity index (χ0v) is 16.2. The van der Waals surface area contributed by atoms with Gasteiger partial charge in [-0.3, -0.25) is 4.79 Å². The fraction of sp³-hybridized carbons (Fsp3) is 0.286. The lowest BCUT2D eigenvalue weighted by molar-refractivity contribution is -0.131. The van der Waals surface area contributed by atoms with Gasteiger partial charge in [0.05, 0.1) is 0 Å². The van der Waals surface area contributed by atoms with Crippen LogP contribution in [0.1, 0.15) is 12.3 Å². The average Bonchev–Trinajstić information content (AvgIpc) is 3.22. The van der Waals surface area contributed by atoms with Crippen molar-refractivity contribution in [3.8, 4) is 11.4 Å². The molecule has 4 rings (SSSR count). The van der Waals surface area contributed by atoms with Gasteiger partial charge < -0.3 is 14.3 Å². The zero-order chi connectivity index (χ0) is 19.3. The Kier molecular flexibility index (Phi) is 5.58. The summed E-state index contributed by atoms with van der Waals surface area (Å²) in [4.78, 5) is 21.1. The molecular weight excluding hydrogens is 376 g/mol. The number of hydrogen-bond donors (Lipinski definition) is 0. The first-order chi connectivity index (χ1) is 13.7. The largest absolute Gasteiger partial charge is 0.368 e. The van der Waals surface area contributed by atoms with Gasteiger partial charge in [-0.1, -0.05) is 47.1 Å². The number of amides is 1. The van der Waals surface area contributed by atoms with Crippen molar-refractivity contribution < 1.29 is 9.32 Å². The fourth-order valence-electron chi connectivity index (χ4n) is 3.30. The summed E-state index contributed by atoms with van der Waals surface area (Å²) in [5.41, 5.74) is 2.04. The molecule has 0 unspecified atom stereocenters. The van der Waals surface area contributed by atoms with E-state index < -0.39 is 0 Å². The zero-order valence-electron chi connectivity index (χ0n) is 15.4. The van der Waals surface area contributed by atoms with Crippen LogP contribution < -0.4 is 4.90 Å². The highest BCUT2D eigenvalue weighted by Gasteiger charge is 2.22. The third-order valence-corrected chi connectivity index (χ3v) is 5.13. The lowest BCUT2D eigenvalue weighted by atomic mass is 10.2. The summed E-state index contributed by atoms with van der Waals surface area (Å²) in [5.74, 6) is 1.17. The van der Waals surface area contributed by atoms with Crippen LogP contribution in [0.25, 0.3) is 11.4 Å². The molecule has 0 atom stereocenters. The third-order valence-electron chi connectivity index (χ3n) is 4.88. The Balaban J connectivity index is 1.27. The number of anilines is 1. The van der Waals surface area contributed by atoms with E-state index in [1.54, 1.807) is 0 Å². The van der Waals surface area contributed by atoms with Crippen molar-refractivity contribution in [3.63, 3.8) is 0 Å². The van der Waals surface area contributed by atoms with Gasteiger partial charge in [-0.2, -0.15) is 4.98 Å². The number of nitrogens with zero attached hydrogens (tertiary/aromatic N) is 4. The summed E-state index contributed by atoms with van der Waals surface area (Å²) in [5, 5.41) is 4.73. The van der Waals surface area contributed by atoms with Crippen molar-refractivity contribution in [2.75, 3.05) is 31.1 Å². The van der Waals surface area contributed by atoms with Gasteiger partial charge in [-0.05, 0) is 24.3 Å². The van der Waals surface area contributed by atoms with E-state index >= 15 is 0 Å². The maximum absolute atomic E-state index is 12.5. The second-order valence-corrected chi connectivity index (χ2v) is 7.16. The van der Waals surface area contributed by atoms with Gasteiger partial charge in [0.15, 0.2) is 0 Å². The average molecular weight is 397 g/mol. The summed E-state index contributed by atoms with van der Waals surface area (Å²) in [7, 11) is 0. The number of hydrogen-bond acceptors (Lipinski definition) is 5. The molecule has 28 heavy (non-hydrogen) atoms. The first-order valence-electron chi connectivity index (χ1n) is 9.35. The SMILES string of the molecule is O=C(CCc1nc(-c2ccccc2)no1)N1CCN(c2ccc(Cl)cc2)CC1. The molecule has 0 saturated carbocycles. The number of aromatic nitrogens is 2. The van der Waals surface area contributed by atoms with Crippen LogP contribution >= 0.6 is 11.6 Å². The summed E-state index contributed by atoms with van der Waals surface area (Å²) >= 11 is 5.95. The molecule has 144 valence electrons. The lowest BCUT2D eigenvalue weighted by Crippen LogP contribution is -2.48. The summed E-state index contributed by atoms with van der Waals surface area (Å²) < 4.78 is 5.29. The first kappa shape index (κ1) is 18.5. The number of carbonyl (C=O) groups excluding carboxylic acids is 1. The van der Waals surface area contributed by atoms with Crippen LogP contribution in [0.5, 0.6) is 0 Å². The molecule has 2 heterocycles. The molecule has 0 radical (unpaired) electrons. The van der Waals surface area contributed by atoms with Crippen LogP contribution in [0.15, 0.2) is 59.1 Å². The monoisotopic (exact) mass is 396 g/mol. The van der Waals surface area contributed by atoms with Gasteiger partial charge >= 0.3 is 0 Å². The van der Waals surface area contributed by atoms with Crippen molar-refractivity contribution in [3.05, 3.63) is 65.5 Å². The third kappa shape index (κ3) is 4.34. The molecule has 1 aliphatic heterocycles. The van der Waals surface area contributed by atoms with E-state index in [0.29, 0.717) is 37.6 Å². The van der Waals surface area contributed by atoms with Crippen molar-refractivity contribution in [1.29, 1.82) is 0 Å². The number of aryl methyl sites for hydroxylation is 1. The van der Waals surface area contributed by atoms with E-state index in [0.717, 1.165) is 29.4 Å². The number of rotatable bonds is 5. The van der Waals surface area contributed by atoms with Crippen LogP contribution in [0.2, 0.25) is 5.02 Å². The van der Waals surface area contributed by atoms with Crippen LogP contribution in [0, 0.1) is 0 Å². The van der Waals surface area contributed by atoms with E-state index in [-0.39, 0.29) is 5.91 Å². The fourth-order valence-corrected chi connectivity index (χ4v) is 3.42. The summed E-state index contributed by atoms with van der Waals surface area (Å²) in [6, 6.07) is 17.5. The molecule has 0 N–H and O–H groups in total. The van der Waals surface area contributed by atoms with E-state index in [9.17, 15) is 4.79 Å². The molecule has 6 nitrogen and oxygen atoms in total. The van der Waals surface area contributed by atoms with Gasteiger partial charge in [0.2, 0.25) is 17.6 Å². The Hall–Kier alpha value is -2.86. The van der Waals surface area contributed by atoms with E-state index in [2.05, 4.69) is 15.0 Å². The van der Waals surface area contributed by atoms with Crippen LogP contribution in [0.3, 0.4) is 0 Å². The second kappa shape index (κ2) is 8.44. The highest BCUT2D eigenvalue weighted by atomic mass is 35.5. The van der Waals surface area contributed by atoms with Gasteiger partial charge in [0.25, 0.3) is 0 Å². The van der Waals surface area contributed by atoms with Crippen molar-refractivity contribution in [2.45, 2.75) is 12.8 Å².